The van der Waals surface area contributed by atoms with Gasteiger partial charge in [0.15, 0.2) is 5.78 Å². The van der Waals surface area contributed by atoms with Crippen molar-refractivity contribution in [1.82, 2.24) is 10.9 Å². The average Bonchev–Trinajstić information content (AvgIpc) is 2.52. The van der Waals surface area contributed by atoms with Gasteiger partial charge in [0.05, 0.1) is 0 Å². The Morgan fingerprint density at radius 3 is 2.38 bits per heavy atom. The molecule has 0 heterocycles. The molecule has 2 N–H and O–H groups in total. The SMILES string of the molecule is O=C(/C=C/NNC(=O)c1cccc(Cl)c1)c1ccccc1. The second kappa shape index (κ2) is 7.26. The highest BCUT2D eigenvalue weighted by Gasteiger charge is 2.04. The predicted molar refractivity (Wildman–Crippen MR) is 82.0 cm³/mol. The molecule has 2 aromatic rings. The van der Waals surface area contributed by atoms with E-state index in [4.69, 9.17) is 11.6 Å². The monoisotopic (exact) mass is 300 g/mol. The molecule has 0 aliphatic carbocycles. The Morgan fingerprint density at radius 2 is 1.67 bits per heavy atom. The highest BCUT2D eigenvalue weighted by molar-refractivity contribution is 6.30. The van der Waals surface area contributed by atoms with Crippen molar-refractivity contribution >= 4 is 23.3 Å². The number of hydrogen-bond acceptors (Lipinski definition) is 3. The lowest BCUT2D eigenvalue weighted by Gasteiger charge is -2.04. The Kier molecular flexibility index (Phi) is 5.12. The number of carbonyl (C=O) groups excluding carboxylic acids is 2. The van der Waals surface area contributed by atoms with Gasteiger partial charge in [-0.05, 0) is 18.2 Å². The van der Waals surface area contributed by atoms with Gasteiger partial charge in [0.1, 0.15) is 0 Å². The maximum Gasteiger partial charge on any atom is 0.269 e. The smallest absolute Gasteiger partial charge is 0.269 e. The zero-order valence-corrected chi connectivity index (χ0v) is 11.8. The molecule has 0 aromatic heterocycles. The first kappa shape index (κ1) is 14.8. The molecule has 0 bridgehead atoms. The second-order valence-corrected chi connectivity index (χ2v) is 4.61. The molecule has 5 heteroatoms. The number of allylic oxidation sites excluding steroid dienone is 1. The number of ketones is 1. The van der Waals surface area contributed by atoms with E-state index < -0.39 is 0 Å². The fraction of sp³-hybridized carbons (Fsp3) is 0. The summed E-state index contributed by atoms with van der Waals surface area (Å²) in [5.74, 6) is -0.491. The van der Waals surface area contributed by atoms with E-state index in [0.717, 1.165) is 0 Å². The second-order valence-electron chi connectivity index (χ2n) is 4.17. The van der Waals surface area contributed by atoms with Crippen molar-refractivity contribution in [2.75, 3.05) is 0 Å². The van der Waals surface area contributed by atoms with Gasteiger partial charge in [0.25, 0.3) is 5.91 Å². The van der Waals surface area contributed by atoms with Crippen molar-refractivity contribution in [3.63, 3.8) is 0 Å². The maximum atomic E-state index is 11.8. The van der Waals surface area contributed by atoms with Crippen LogP contribution >= 0.6 is 11.6 Å². The minimum Gasteiger partial charge on any atom is -0.305 e. The molecule has 2 rings (SSSR count). The third kappa shape index (κ3) is 4.47. The van der Waals surface area contributed by atoms with Gasteiger partial charge in [-0.3, -0.25) is 15.0 Å². The predicted octanol–water partition coefficient (Wildman–Crippen LogP) is 2.97. The minimum atomic E-state index is -0.339. The van der Waals surface area contributed by atoms with E-state index in [1.165, 1.54) is 12.3 Å². The van der Waals surface area contributed by atoms with Crippen LogP contribution in [0.1, 0.15) is 20.7 Å². The van der Waals surface area contributed by atoms with E-state index in [2.05, 4.69) is 10.9 Å². The number of carbonyl (C=O) groups is 2. The van der Waals surface area contributed by atoms with Crippen molar-refractivity contribution in [1.29, 1.82) is 0 Å². The van der Waals surface area contributed by atoms with Crippen molar-refractivity contribution in [3.05, 3.63) is 83.0 Å². The molecule has 0 fully saturated rings. The molecule has 0 saturated heterocycles. The van der Waals surface area contributed by atoms with Gasteiger partial charge in [-0.25, -0.2) is 0 Å². The first-order valence-electron chi connectivity index (χ1n) is 6.24. The van der Waals surface area contributed by atoms with Crippen LogP contribution in [0.25, 0.3) is 0 Å². The van der Waals surface area contributed by atoms with E-state index in [0.29, 0.717) is 16.1 Å². The normalized spacial score (nSPS) is 10.3. The Morgan fingerprint density at radius 1 is 0.952 bits per heavy atom. The topological polar surface area (TPSA) is 58.2 Å². The summed E-state index contributed by atoms with van der Waals surface area (Å²) in [5, 5.41) is 0.484. The van der Waals surface area contributed by atoms with Crippen molar-refractivity contribution in [3.8, 4) is 0 Å². The van der Waals surface area contributed by atoms with Crippen LogP contribution in [0.15, 0.2) is 66.9 Å². The number of halogens is 1. The molecule has 4 nitrogen and oxygen atoms in total. The van der Waals surface area contributed by atoms with Gasteiger partial charge in [-0.15, -0.1) is 0 Å². The molecule has 0 atom stereocenters. The van der Waals surface area contributed by atoms with E-state index in [1.807, 2.05) is 6.07 Å². The van der Waals surface area contributed by atoms with Crippen LogP contribution in [-0.2, 0) is 0 Å². The van der Waals surface area contributed by atoms with E-state index in [9.17, 15) is 9.59 Å². The molecule has 2 aromatic carbocycles. The molecule has 1 amide bonds. The number of benzene rings is 2. The Hall–Kier alpha value is -2.59. The molecule has 0 saturated carbocycles. The number of hydrogen-bond donors (Lipinski definition) is 2. The number of amides is 1. The summed E-state index contributed by atoms with van der Waals surface area (Å²) < 4.78 is 0. The molecule has 21 heavy (non-hydrogen) atoms. The van der Waals surface area contributed by atoms with Crippen LogP contribution in [0, 0.1) is 0 Å². The lowest BCUT2D eigenvalue weighted by Crippen LogP contribution is -2.33. The van der Waals surface area contributed by atoms with Crippen LogP contribution in [0.3, 0.4) is 0 Å². The zero-order valence-electron chi connectivity index (χ0n) is 11.0. The lowest BCUT2D eigenvalue weighted by molar-refractivity contribution is 0.0939. The van der Waals surface area contributed by atoms with E-state index in [-0.39, 0.29) is 11.7 Å². The summed E-state index contributed by atoms with van der Waals surface area (Å²) in [6.45, 7) is 0. The summed E-state index contributed by atoms with van der Waals surface area (Å²) in [5.41, 5.74) is 6.01. The van der Waals surface area contributed by atoms with Gasteiger partial charge in [0.2, 0.25) is 0 Å². The van der Waals surface area contributed by atoms with Gasteiger partial charge in [0, 0.05) is 28.4 Å². The highest BCUT2D eigenvalue weighted by atomic mass is 35.5. The van der Waals surface area contributed by atoms with Gasteiger partial charge < -0.3 is 5.43 Å². The van der Waals surface area contributed by atoms with Gasteiger partial charge in [-0.2, -0.15) is 0 Å². The summed E-state index contributed by atoms with van der Waals surface area (Å²) >= 11 is 5.80. The van der Waals surface area contributed by atoms with Crippen molar-refractivity contribution in [2.45, 2.75) is 0 Å². The first-order chi connectivity index (χ1) is 10.2. The molecular formula is C16H13ClN2O2. The van der Waals surface area contributed by atoms with Crippen LogP contribution in [-0.4, -0.2) is 11.7 Å². The largest absolute Gasteiger partial charge is 0.305 e. The van der Waals surface area contributed by atoms with Gasteiger partial charge in [-0.1, -0.05) is 48.0 Å². The van der Waals surface area contributed by atoms with Gasteiger partial charge >= 0.3 is 0 Å². The number of rotatable bonds is 5. The number of hydrazine groups is 1. The summed E-state index contributed by atoms with van der Waals surface area (Å²) in [4.78, 5) is 23.5. The minimum absolute atomic E-state index is 0.153. The fourth-order valence-corrected chi connectivity index (χ4v) is 1.82. The highest BCUT2D eigenvalue weighted by Crippen LogP contribution is 2.10. The molecule has 106 valence electrons. The molecule has 0 radical (unpaired) electrons. The average molecular weight is 301 g/mol. The lowest BCUT2D eigenvalue weighted by atomic mass is 10.1. The Bertz CT molecular complexity index is 669. The zero-order chi connectivity index (χ0) is 15.1. The Labute approximate surface area is 127 Å². The standard InChI is InChI=1S/C16H13ClN2O2/c17-14-8-4-7-13(11-14)16(21)19-18-10-9-15(20)12-5-2-1-3-6-12/h1-11,18H,(H,19,21)/b10-9+. The van der Waals surface area contributed by atoms with Crippen LogP contribution < -0.4 is 10.9 Å². The van der Waals surface area contributed by atoms with E-state index in [1.54, 1.807) is 48.5 Å². The quantitative estimate of drug-likeness (QED) is 0.507. The molecule has 0 aliphatic rings. The summed E-state index contributed by atoms with van der Waals surface area (Å²) in [6, 6.07) is 15.4. The Balaban J connectivity index is 1.85. The first-order valence-corrected chi connectivity index (χ1v) is 6.62. The van der Waals surface area contributed by atoms with E-state index >= 15 is 0 Å². The number of nitrogens with one attached hydrogen (secondary N) is 2. The summed E-state index contributed by atoms with van der Waals surface area (Å²) in [6.07, 6.45) is 2.71. The van der Waals surface area contributed by atoms with Crippen LogP contribution in [0.2, 0.25) is 5.02 Å². The molecule has 0 aliphatic heterocycles. The van der Waals surface area contributed by atoms with Crippen molar-refractivity contribution in [2.24, 2.45) is 0 Å². The summed E-state index contributed by atoms with van der Waals surface area (Å²) in [7, 11) is 0. The van der Waals surface area contributed by atoms with Crippen molar-refractivity contribution < 1.29 is 9.59 Å². The molecule has 0 unspecified atom stereocenters. The molecule has 0 spiro atoms. The maximum absolute atomic E-state index is 11.8. The fourth-order valence-electron chi connectivity index (χ4n) is 1.63. The third-order valence-electron chi connectivity index (χ3n) is 2.65. The molecular weight excluding hydrogens is 288 g/mol. The van der Waals surface area contributed by atoms with Crippen LogP contribution in [0.5, 0.6) is 0 Å². The van der Waals surface area contributed by atoms with Crippen LogP contribution in [0.4, 0.5) is 0 Å². The third-order valence-corrected chi connectivity index (χ3v) is 2.88.